The molecule has 0 aromatic heterocycles. The van der Waals surface area contributed by atoms with E-state index < -0.39 is 0 Å². The molecule has 0 aromatic carbocycles. The van der Waals surface area contributed by atoms with E-state index in [-0.39, 0.29) is 23.8 Å². The molecule has 1 rings (SSSR count). The average molecular weight is 198 g/mol. The maximum absolute atomic E-state index is 11.6. The van der Waals surface area contributed by atoms with Gasteiger partial charge in [-0.3, -0.25) is 9.59 Å². The molecule has 0 radical (unpaired) electrons. The zero-order valence-electron chi connectivity index (χ0n) is 8.82. The van der Waals surface area contributed by atoms with Crippen molar-refractivity contribution in [3.05, 3.63) is 0 Å². The number of primary amides is 1. The third-order valence-electron chi connectivity index (χ3n) is 2.94. The summed E-state index contributed by atoms with van der Waals surface area (Å²) in [5.74, 6) is -0.558. The van der Waals surface area contributed by atoms with Gasteiger partial charge in [0, 0.05) is 19.0 Å². The average Bonchev–Trinajstić information content (AvgIpc) is 2.51. The second-order valence-electron chi connectivity index (χ2n) is 3.82. The van der Waals surface area contributed by atoms with Gasteiger partial charge in [-0.1, -0.05) is 13.8 Å². The van der Waals surface area contributed by atoms with Crippen LogP contribution in [0.2, 0.25) is 0 Å². The summed E-state index contributed by atoms with van der Waals surface area (Å²) in [5.41, 5.74) is 5.19. The number of rotatable bonds is 4. The minimum absolute atomic E-state index is 0.0718. The topological polar surface area (TPSA) is 63.4 Å². The van der Waals surface area contributed by atoms with Gasteiger partial charge >= 0.3 is 0 Å². The standard InChI is InChI=1S/C10H18N2O2/c1-3-8(4-2)12-6-7(10(11)14)5-9(12)13/h7-8H,3-6H2,1-2H3,(H2,11,14)/t7-/m0/s1. The smallest absolute Gasteiger partial charge is 0.223 e. The third-order valence-corrected chi connectivity index (χ3v) is 2.94. The van der Waals surface area contributed by atoms with E-state index in [2.05, 4.69) is 13.8 Å². The predicted molar refractivity (Wildman–Crippen MR) is 53.4 cm³/mol. The zero-order valence-corrected chi connectivity index (χ0v) is 8.82. The molecule has 0 aliphatic carbocycles. The number of amides is 2. The highest BCUT2D eigenvalue weighted by molar-refractivity contribution is 5.88. The van der Waals surface area contributed by atoms with Crippen LogP contribution >= 0.6 is 0 Å². The highest BCUT2D eigenvalue weighted by atomic mass is 16.2. The van der Waals surface area contributed by atoms with E-state index in [0.717, 1.165) is 12.8 Å². The van der Waals surface area contributed by atoms with Crippen LogP contribution in [0.5, 0.6) is 0 Å². The number of carbonyl (C=O) groups is 2. The van der Waals surface area contributed by atoms with Crippen LogP contribution in [-0.4, -0.2) is 29.3 Å². The van der Waals surface area contributed by atoms with E-state index in [1.165, 1.54) is 0 Å². The Morgan fingerprint density at radius 2 is 2.14 bits per heavy atom. The first kappa shape index (κ1) is 11.0. The van der Waals surface area contributed by atoms with Gasteiger partial charge in [-0.15, -0.1) is 0 Å². The van der Waals surface area contributed by atoms with E-state index in [4.69, 9.17) is 5.73 Å². The molecular formula is C10H18N2O2. The lowest BCUT2D eigenvalue weighted by Crippen LogP contribution is -2.36. The van der Waals surface area contributed by atoms with Crippen LogP contribution in [0, 0.1) is 5.92 Å². The summed E-state index contributed by atoms with van der Waals surface area (Å²) < 4.78 is 0. The van der Waals surface area contributed by atoms with Crippen molar-refractivity contribution in [3.63, 3.8) is 0 Å². The molecule has 1 aliphatic heterocycles. The van der Waals surface area contributed by atoms with Gasteiger partial charge in [-0.25, -0.2) is 0 Å². The molecule has 0 unspecified atom stereocenters. The quantitative estimate of drug-likeness (QED) is 0.715. The van der Waals surface area contributed by atoms with Gasteiger partial charge in [0.25, 0.3) is 0 Å². The molecule has 1 heterocycles. The van der Waals surface area contributed by atoms with E-state index in [1.54, 1.807) is 4.90 Å². The second-order valence-corrected chi connectivity index (χ2v) is 3.82. The van der Waals surface area contributed by atoms with Crippen LogP contribution in [0.3, 0.4) is 0 Å². The molecule has 2 amide bonds. The van der Waals surface area contributed by atoms with E-state index in [0.29, 0.717) is 13.0 Å². The van der Waals surface area contributed by atoms with Crippen molar-refractivity contribution in [2.45, 2.75) is 39.2 Å². The van der Waals surface area contributed by atoms with Gasteiger partial charge in [-0.05, 0) is 12.8 Å². The van der Waals surface area contributed by atoms with Crippen molar-refractivity contribution >= 4 is 11.8 Å². The van der Waals surface area contributed by atoms with Crippen LogP contribution in [0.25, 0.3) is 0 Å². The molecule has 4 nitrogen and oxygen atoms in total. The van der Waals surface area contributed by atoms with Crippen molar-refractivity contribution < 1.29 is 9.59 Å². The largest absolute Gasteiger partial charge is 0.369 e. The van der Waals surface area contributed by atoms with Crippen LogP contribution in [-0.2, 0) is 9.59 Å². The highest BCUT2D eigenvalue weighted by Gasteiger charge is 2.35. The Morgan fingerprint density at radius 1 is 1.57 bits per heavy atom. The summed E-state index contributed by atoms with van der Waals surface area (Å²) in [6, 6.07) is 0.270. The molecule has 14 heavy (non-hydrogen) atoms. The van der Waals surface area contributed by atoms with E-state index in [9.17, 15) is 9.59 Å². The second kappa shape index (κ2) is 4.44. The minimum Gasteiger partial charge on any atom is -0.369 e. The summed E-state index contributed by atoms with van der Waals surface area (Å²) in [5, 5.41) is 0. The first-order valence-electron chi connectivity index (χ1n) is 5.18. The molecule has 1 saturated heterocycles. The molecule has 4 heteroatoms. The van der Waals surface area contributed by atoms with Crippen LogP contribution in [0.15, 0.2) is 0 Å². The molecule has 0 saturated carbocycles. The predicted octanol–water partition coefficient (Wildman–Crippen LogP) is 0.509. The third kappa shape index (κ3) is 2.05. The number of nitrogens with zero attached hydrogens (tertiary/aromatic N) is 1. The van der Waals surface area contributed by atoms with Crippen molar-refractivity contribution in [2.24, 2.45) is 11.7 Å². The minimum atomic E-state index is -0.355. The molecule has 1 fully saturated rings. The lowest BCUT2D eigenvalue weighted by molar-refractivity contribution is -0.130. The lowest BCUT2D eigenvalue weighted by Gasteiger charge is -2.25. The first-order chi connectivity index (χ1) is 6.60. The van der Waals surface area contributed by atoms with Crippen molar-refractivity contribution in [2.75, 3.05) is 6.54 Å². The summed E-state index contributed by atoms with van der Waals surface area (Å²) in [4.78, 5) is 24.3. The molecule has 0 spiro atoms. The first-order valence-corrected chi connectivity index (χ1v) is 5.18. The fraction of sp³-hybridized carbons (Fsp3) is 0.800. The molecule has 0 aromatic rings. The number of likely N-dealkylation sites (tertiary alicyclic amines) is 1. The summed E-state index contributed by atoms with van der Waals surface area (Å²) in [6.45, 7) is 4.62. The van der Waals surface area contributed by atoms with Crippen LogP contribution in [0.4, 0.5) is 0 Å². The van der Waals surface area contributed by atoms with Crippen molar-refractivity contribution in [1.82, 2.24) is 4.90 Å². The molecule has 0 bridgehead atoms. The van der Waals surface area contributed by atoms with Crippen molar-refractivity contribution in [3.8, 4) is 0 Å². The zero-order chi connectivity index (χ0) is 10.7. The number of hydrogen-bond acceptors (Lipinski definition) is 2. The number of hydrogen-bond donors (Lipinski definition) is 1. The lowest BCUT2D eigenvalue weighted by atomic mass is 10.1. The van der Waals surface area contributed by atoms with Gasteiger partial charge in [0.15, 0.2) is 0 Å². The normalized spacial score (nSPS) is 22.1. The fourth-order valence-electron chi connectivity index (χ4n) is 2.00. The van der Waals surface area contributed by atoms with Gasteiger partial charge in [0.1, 0.15) is 0 Å². The van der Waals surface area contributed by atoms with Crippen LogP contribution in [0.1, 0.15) is 33.1 Å². The Labute approximate surface area is 84.4 Å². The highest BCUT2D eigenvalue weighted by Crippen LogP contribution is 2.22. The Balaban J connectivity index is 2.64. The van der Waals surface area contributed by atoms with E-state index >= 15 is 0 Å². The summed E-state index contributed by atoms with van der Waals surface area (Å²) >= 11 is 0. The SMILES string of the molecule is CCC(CC)N1C[C@@H](C(N)=O)CC1=O. The Kier molecular flexibility index (Phi) is 3.49. The summed E-state index contributed by atoms with van der Waals surface area (Å²) in [7, 11) is 0. The molecule has 80 valence electrons. The van der Waals surface area contributed by atoms with Crippen molar-refractivity contribution in [1.29, 1.82) is 0 Å². The number of carbonyl (C=O) groups excluding carboxylic acids is 2. The maximum atomic E-state index is 11.6. The van der Waals surface area contributed by atoms with E-state index in [1.807, 2.05) is 0 Å². The summed E-state index contributed by atoms with van der Waals surface area (Å²) in [6.07, 6.45) is 2.17. The molecular weight excluding hydrogens is 180 g/mol. The van der Waals surface area contributed by atoms with Crippen LogP contribution < -0.4 is 5.73 Å². The van der Waals surface area contributed by atoms with Gasteiger partial charge < -0.3 is 10.6 Å². The Bertz CT molecular complexity index is 236. The Hall–Kier alpha value is -1.06. The number of nitrogens with two attached hydrogens (primary N) is 1. The maximum Gasteiger partial charge on any atom is 0.223 e. The molecule has 1 aliphatic rings. The van der Waals surface area contributed by atoms with Gasteiger partial charge in [0.05, 0.1) is 5.92 Å². The van der Waals surface area contributed by atoms with Gasteiger partial charge in [0.2, 0.25) is 11.8 Å². The van der Waals surface area contributed by atoms with Gasteiger partial charge in [-0.2, -0.15) is 0 Å². The monoisotopic (exact) mass is 198 g/mol. The molecule has 2 N–H and O–H groups in total. The Morgan fingerprint density at radius 3 is 2.50 bits per heavy atom. The molecule has 1 atom stereocenters. The fourth-order valence-corrected chi connectivity index (χ4v) is 2.00.